The second-order valence-corrected chi connectivity index (χ2v) is 4.44. The number of hydrogen-bond donors (Lipinski definition) is 2. The van der Waals surface area contributed by atoms with E-state index < -0.39 is 0 Å². The number of hydrogen-bond acceptors (Lipinski definition) is 2. The van der Waals surface area contributed by atoms with Gasteiger partial charge in [-0.25, -0.2) is 0 Å². The van der Waals surface area contributed by atoms with Crippen LogP contribution in [0.5, 0.6) is 0 Å². The Morgan fingerprint density at radius 2 is 1.76 bits per heavy atom. The molecule has 0 radical (unpaired) electrons. The first-order valence-corrected chi connectivity index (χ1v) is 7.26. The fourth-order valence-corrected chi connectivity index (χ4v) is 1.58. The van der Waals surface area contributed by atoms with E-state index in [1.54, 1.807) is 0 Å². The van der Waals surface area contributed by atoms with Crippen LogP contribution in [0.25, 0.3) is 0 Å². The molecule has 0 spiro atoms. The summed E-state index contributed by atoms with van der Waals surface area (Å²) >= 11 is 0. The zero-order valence-corrected chi connectivity index (χ0v) is 12.8. The van der Waals surface area contributed by atoms with E-state index in [0.29, 0.717) is 5.92 Å². The molecule has 108 valence electrons. The van der Waals surface area contributed by atoms with Crippen molar-refractivity contribution in [2.24, 2.45) is 17.6 Å². The molecule has 1 rings (SSSR count). The van der Waals surface area contributed by atoms with Gasteiger partial charge in [0.1, 0.15) is 0 Å². The third kappa shape index (κ3) is 8.39. The van der Waals surface area contributed by atoms with Crippen LogP contribution in [-0.2, 0) is 0 Å². The highest BCUT2D eigenvalue weighted by atomic mass is 14.9. The molecule has 0 aromatic carbocycles. The van der Waals surface area contributed by atoms with Crippen LogP contribution in [-0.4, -0.2) is 19.1 Å². The topological polar surface area (TPSA) is 38.0 Å². The normalized spacial score (nSPS) is 16.0. The third-order valence-corrected chi connectivity index (χ3v) is 2.97. The van der Waals surface area contributed by atoms with Crippen LogP contribution in [0.15, 0.2) is 12.2 Å². The van der Waals surface area contributed by atoms with E-state index in [-0.39, 0.29) is 8.90 Å². The van der Waals surface area contributed by atoms with E-state index in [1.807, 2.05) is 27.7 Å². The molecular weight excluding hydrogens is 208 g/mol. The van der Waals surface area contributed by atoms with Gasteiger partial charge in [0.2, 0.25) is 0 Å². The fraction of sp³-hybridized carbons (Fsp3) is 0.867. The van der Waals surface area contributed by atoms with E-state index in [1.165, 1.54) is 25.1 Å². The lowest BCUT2D eigenvalue weighted by Crippen LogP contribution is -2.42. The van der Waals surface area contributed by atoms with Crippen molar-refractivity contribution in [3.63, 3.8) is 0 Å². The summed E-state index contributed by atoms with van der Waals surface area (Å²) in [5.41, 5.74) is 7.23. The van der Waals surface area contributed by atoms with Crippen LogP contribution in [0.1, 0.15) is 57.2 Å². The molecular formula is C15H38N2. The standard InChI is InChI=1S/C11H22N2.2C2H6.2H2/c1-8(2)9(3)11(12)5-4-10-6-13-7-10;2*1-2;;/h8,10-11,13H,3-7,12H2,1-2H3;2*1-2H3;2*1H. The van der Waals surface area contributed by atoms with Crippen molar-refractivity contribution < 1.29 is 2.85 Å². The molecule has 2 heteroatoms. The van der Waals surface area contributed by atoms with Crippen LogP contribution in [0.3, 0.4) is 0 Å². The molecule has 3 N–H and O–H groups in total. The number of rotatable bonds is 5. The molecule has 1 heterocycles. The highest BCUT2D eigenvalue weighted by Gasteiger charge is 2.18. The monoisotopic (exact) mass is 246 g/mol. The number of nitrogens with one attached hydrogen (secondary N) is 1. The van der Waals surface area contributed by atoms with Gasteiger partial charge in [-0.1, -0.05) is 53.7 Å². The van der Waals surface area contributed by atoms with Crippen molar-refractivity contribution in [1.29, 1.82) is 0 Å². The quantitative estimate of drug-likeness (QED) is 0.718. The summed E-state index contributed by atoms with van der Waals surface area (Å²) in [6.45, 7) is 18.7. The van der Waals surface area contributed by atoms with Crippen LogP contribution < -0.4 is 11.1 Å². The largest absolute Gasteiger partial charge is 0.324 e. The Bertz CT molecular complexity index is 181. The Morgan fingerprint density at radius 1 is 1.29 bits per heavy atom. The lowest BCUT2D eigenvalue weighted by Gasteiger charge is -2.28. The number of nitrogens with two attached hydrogens (primary N) is 1. The molecule has 1 unspecified atom stereocenters. The van der Waals surface area contributed by atoms with Crippen molar-refractivity contribution in [3.8, 4) is 0 Å². The third-order valence-electron chi connectivity index (χ3n) is 2.97. The molecule has 1 fully saturated rings. The molecule has 0 saturated carbocycles. The summed E-state index contributed by atoms with van der Waals surface area (Å²) < 4.78 is 0. The minimum absolute atomic E-state index is 0. The van der Waals surface area contributed by atoms with Gasteiger partial charge in [0.15, 0.2) is 0 Å². The maximum absolute atomic E-state index is 6.03. The molecule has 0 amide bonds. The predicted octanol–water partition coefficient (Wildman–Crippen LogP) is 4.07. The summed E-state index contributed by atoms with van der Waals surface area (Å²) in [5, 5.41) is 3.27. The molecule has 17 heavy (non-hydrogen) atoms. The second-order valence-electron chi connectivity index (χ2n) is 4.44. The van der Waals surface area contributed by atoms with Gasteiger partial charge in [0.05, 0.1) is 0 Å². The summed E-state index contributed by atoms with van der Waals surface area (Å²) in [4.78, 5) is 0. The van der Waals surface area contributed by atoms with Gasteiger partial charge >= 0.3 is 0 Å². The van der Waals surface area contributed by atoms with Crippen LogP contribution in [0.2, 0.25) is 0 Å². The molecule has 2 nitrogen and oxygen atoms in total. The van der Waals surface area contributed by atoms with Crippen LogP contribution in [0, 0.1) is 11.8 Å². The van der Waals surface area contributed by atoms with Crippen LogP contribution in [0.4, 0.5) is 0 Å². The predicted molar refractivity (Wildman–Crippen MR) is 84.5 cm³/mol. The van der Waals surface area contributed by atoms with E-state index in [2.05, 4.69) is 25.7 Å². The maximum atomic E-state index is 6.03. The van der Waals surface area contributed by atoms with Crippen LogP contribution >= 0.6 is 0 Å². The highest BCUT2D eigenvalue weighted by Crippen LogP contribution is 2.18. The Hall–Kier alpha value is -0.340. The minimum Gasteiger partial charge on any atom is -0.324 e. The first-order valence-electron chi connectivity index (χ1n) is 7.26. The Labute approximate surface area is 112 Å². The summed E-state index contributed by atoms with van der Waals surface area (Å²) in [5.74, 6) is 1.39. The first kappa shape index (κ1) is 19.0. The molecule has 0 aromatic rings. The van der Waals surface area contributed by atoms with Crippen molar-refractivity contribution in [3.05, 3.63) is 12.2 Å². The van der Waals surface area contributed by atoms with Gasteiger partial charge in [-0.2, -0.15) is 0 Å². The smallest absolute Gasteiger partial charge is 0.0253 e. The highest BCUT2D eigenvalue weighted by molar-refractivity contribution is 5.06. The van der Waals surface area contributed by atoms with Gasteiger partial charge in [0, 0.05) is 8.90 Å². The van der Waals surface area contributed by atoms with Gasteiger partial charge in [0.25, 0.3) is 0 Å². The average molecular weight is 246 g/mol. The SMILES string of the molecule is C=C(C(C)C)C(N)CCC1CNC1.CC.CC.[HH].[HH]. The molecule has 0 aliphatic carbocycles. The van der Waals surface area contributed by atoms with E-state index in [9.17, 15) is 0 Å². The van der Waals surface area contributed by atoms with E-state index >= 15 is 0 Å². The lowest BCUT2D eigenvalue weighted by molar-refractivity contribution is 0.314. The fourth-order valence-electron chi connectivity index (χ4n) is 1.58. The van der Waals surface area contributed by atoms with Gasteiger partial charge in [-0.3, -0.25) is 0 Å². The van der Waals surface area contributed by atoms with Crippen molar-refractivity contribution >= 4 is 0 Å². The van der Waals surface area contributed by atoms with Gasteiger partial charge < -0.3 is 11.1 Å². The molecule has 1 aliphatic rings. The molecule has 1 atom stereocenters. The minimum atomic E-state index is 0. The van der Waals surface area contributed by atoms with E-state index in [4.69, 9.17) is 5.73 Å². The summed E-state index contributed by atoms with van der Waals surface area (Å²) in [7, 11) is 0. The molecule has 0 bridgehead atoms. The molecule has 0 aromatic heterocycles. The molecule has 1 aliphatic heterocycles. The average Bonchev–Trinajstić information content (AvgIpc) is 2.31. The second kappa shape index (κ2) is 12.1. The maximum Gasteiger partial charge on any atom is 0.0253 e. The summed E-state index contributed by atoms with van der Waals surface area (Å²) in [6, 6.07) is 0.209. The van der Waals surface area contributed by atoms with Crippen molar-refractivity contribution in [1.82, 2.24) is 5.32 Å². The van der Waals surface area contributed by atoms with Crippen molar-refractivity contribution in [2.75, 3.05) is 13.1 Å². The Morgan fingerprint density at radius 3 is 2.06 bits per heavy atom. The van der Waals surface area contributed by atoms with Gasteiger partial charge in [-0.05, 0) is 37.8 Å². The first-order chi connectivity index (χ1) is 8.11. The van der Waals surface area contributed by atoms with E-state index in [0.717, 1.165) is 12.3 Å². The zero-order chi connectivity index (χ0) is 13.8. The Balaban J connectivity index is -0.000000171. The molecule has 1 saturated heterocycles. The lowest BCUT2D eigenvalue weighted by atomic mass is 9.90. The Kier molecular flexibility index (Phi) is 13.6. The summed E-state index contributed by atoms with van der Waals surface area (Å²) in [6.07, 6.45) is 2.35. The van der Waals surface area contributed by atoms with Gasteiger partial charge in [-0.15, -0.1) is 0 Å². The van der Waals surface area contributed by atoms with Crippen molar-refractivity contribution in [2.45, 2.75) is 60.4 Å². The zero-order valence-electron chi connectivity index (χ0n) is 12.8.